The molecule has 0 fully saturated rings. The maximum atomic E-state index is 11.6. The number of hydrogen-bond acceptors (Lipinski definition) is 4. The van der Waals surface area contributed by atoms with E-state index in [1.54, 1.807) is 25.1 Å². The van der Waals surface area contributed by atoms with Gasteiger partial charge in [0, 0.05) is 6.07 Å². The average molecular weight is 310 g/mol. The molecule has 7 heteroatoms. The number of hydrogen-bond donors (Lipinski definition) is 1. The number of aryl methyl sites for hydroxylation is 1. The highest BCUT2D eigenvalue weighted by atomic mass is 79.9. The van der Waals surface area contributed by atoms with Gasteiger partial charge in [-0.3, -0.25) is 14.9 Å². The van der Waals surface area contributed by atoms with Gasteiger partial charge in [0.2, 0.25) is 0 Å². The molecule has 0 aliphatic rings. The van der Waals surface area contributed by atoms with Gasteiger partial charge in [0.25, 0.3) is 11.2 Å². The molecule has 1 N–H and O–H groups in total. The van der Waals surface area contributed by atoms with Crippen LogP contribution in [0.1, 0.15) is 5.69 Å². The number of H-pyrrole nitrogens is 1. The average Bonchev–Trinajstić information content (AvgIpc) is 2.35. The lowest BCUT2D eigenvalue weighted by Gasteiger charge is -2.04. The molecule has 1 aromatic heterocycles. The molecule has 0 atom stereocenters. The Hall–Kier alpha value is -2.02. The zero-order chi connectivity index (χ0) is 13.3. The molecule has 2 rings (SSSR count). The van der Waals surface area contributed by atoms with Gasteiger partial charge in [-0.2, -0.15) is 0 Å². The van der Waals surface area contributed by atoms with Crippen LogP contribution in [0.15, 0.2) is 33.5 Å². The Balaban J connectivity index is 2.70. The molecule has 0 aliphatic carbocycles. The Morgan fingerprint density at radius 1 is 1.39 bits per heavy atom. The van der Waals surface area contributed by atoms with Gasteiger partial charge in [0.1, 0.15) is 10.3 Å². The van der Waals surface area contributed by atoms with Crippen LogP contribution in [0.25, 0.3) is 11.4 Å². The van der Waals surface area contributed by atoms with Crippen LogP contribution in [-0.2, 0) is 0 Å². The van der Waals surface area contributed by atoms with Crippen molar-refractivity contribution in [1.82, 2.24) is 9.97 Å². The standard InChI is InChI=1S/C11H8BrN3O3/c1-6-9(12)11(16)14-10(13-6)7-4-2-3-5-8(7)15(17)18/h2-5H,1H3,(H,13,14,16). The summed E-state index contributed by atoms with van der Waals surface area (Å²) in [5.41, 5.74) is 0.306. The molecule has 0 saturated carbocycles. The molecule has 0 amide bonds. The van der Waals surface area contributed by atoms with E-state index in [1.807, 2.05) is 0 Å². The number of rotatable bonds is 2. The van der Waals surface area contributed by atoms with Crippen LogP contribution in [0.5, 0.6) is 0 Å². The molecule has 0 saturated heterocycles. The molecule has 2 aromatic rings. The second-order valence-electron chi connectivity index (χ2n) is 3.59. The highest BCUT2D eigenvalue weighted by molar-refractivity contribution is 9.10. The largest absolute Gasteiger partial charge is 0.305 e. The van der Waals surface area contributed by atoms with Gasteiger partial charge in [0.05, 0.1) is 16.2 Å². The van der Waals surface area contributed by atoms with Crippen molar-refractivity contribution in [1.29, 1.82) is 0 Å². The number of benzene rings is 1. The molecule has 18 heavy (non-hydrogen) atoms. The fourth-order valence-corrected chi connectivity index (χ4v) is 1.72. The van der Waals surface area contributed by atoms with E-state index in [2.05, 4.69) is 25.9 Å². The maximum absolute atomic E-state index is 11.6. The zero-order valence-corrected chi connectivity index (χ0v) is 10.9. The van der Waals surface area contributed by atoms with E-state index in [9.17, 15) is 14.9 Å². The van der Waals surface area contributed by atoms with E-state index in [-0.39, 0.29) is 22.6 Å². The predicted molar refractivity (Wildman–Crippen MR) is 69.4 cm³/mol. The Bertz CT molecular complexity index is 681. The van der Waals surface area contributed by atoms with Gasteiger partial charge in [-0.15, -0.1) is 0 Å². The van der Waals surface area contributed by atoms with Crippen LogP contribution in [0.4, 0.5) is 5.69 Å². The third kappa shape index (κ3) is 2.17. The van der Waals surface area contributed by atoms with Crippen molar-refractivity contribution >= 4 is 21.6 Å². The first-order valence-corrected chi connectivity index (χ1v) is 5.80. The minimum Gasteiger partial charge on any atom is -0.305 e. The first kappa shape index (κ1) is 12.4. The normalized spacial score (nSPS) is 10.3. The lowest BCUT2D eigenvalue weighted by atomic mass is 10.1. The molecule has 1 heterocycles. The molecule has 92 valence electrons. The third-order valence-electron chi connectivity index (χ3n) is 2.38. The minimum atomic E-state index is -0.507. The second kappa shape index (κ2) is 4.69. The van der Waals surface area contributed by atoms with Crippen LogP contribution in [0, 0.1) is 17.0 Å². The summed E-state index contributed by atoms with van der Waals surface area (Å²) in [6.07, 6.45) is 0. The molecule has 1 aromatic carbocycles. The SMILES string of the molecule is Cc1nc(-c2ccccc2[N+](=O)[O-])[nH]c(=O)c1Br. The molecule has 0 radical (unpaired) electrons. The molecule has 0 aliphatic heterocycles. The van der Waals surface area contributed by atoms with Gasteiger partial charge in [0.15, 0.2) is 0 Å². The van der Waals surface area contributed by atoms with Crippen molar-refractivity contribution in [2.45, 2.75) is 6.92 Å². The summed E-state index contributed by atoms with van der Waals surface area (Å²) >= 11 is 3.09. The van der Waals surface area contributed by atoms with Crippen molar-refractivity contribution in [2.75, 3.05) is 0 Å². The summed E-state index contributed by atoms with van der Waals surface area (Å²) in [5, 5.41) is 10.9. The lowest BCUT2D eigenvalue weighted by Crippen LogP contribution is -2.12. The molecule has 0 bridgehead atoms. The number of para-hydroxylation sites is 1. The summed E-state index contributed by atoms with van der Waals surface area (Å²) in [6.45, 7) is 1.65. The smallest absolute Gasteiger partial charge is 0.280 e. The van der Waals surface area contributed by atoms with Crippen molar-refractivity contribution in [3.8, 4) is 11.4 Å². The van der Waals surface area contributed by atoms with E-state index in [0.717, 1.165) is 0 Å². The maximum Gasteiger partial charge on any atom is 0.280 e. The Morgan fingerprint density at radius 3 is 2.67 bits per heavy atom. The van der Waals surface area contributed by atoms with E-state index >= 15 is 0 Å². The third-order valence-corrected chi connectivity index (χ3v) is 3.32. The highest BCUT2D eigenvalue weighted by Gasteiger charge is 2.17. The Morgan fingerprint density at radius 2 is 2.06 bits per heavy atom. The fourth-order valence-electron chi connectivity index (χ4n) is 1.53. The van der Waals surface area contributed by atoms with Crippen LogP contribution >= 0.6 is 15.9 Å². The summed E-state index contributed by atoms with van der Waals surface area (Å²) in [6, 6.07) is 6.13. The number of nitrogens with zero attached hydrogens (tertiary/aromatic N) is 2. The highest BCUT2D eigenvalue weighted by Crippen LogP contribution is 2.26. The van der Waals surface area contributed by atoms with Crippen LogP contribution in [0.3, 0.4) is 0 Å². The van der Waals surface area contributed by atoms with Gasteiger partial charge in [-0.1, -0.05) is 12.1 Å². The van der Waals surface area contributed by atoms with Crippen LogP contribution in [-0.4, -0.2) is 14.9 Å². The summed E-state index contributed by atoms with van der Waals surface area (Å²) in [4.78, 5) is 28.7. The van der Waals surface area contributed by atoms with E-state index in [1.165, 1.54) is 6.07 Å². The van der Waals surface area contributed by atoms with Crippen molar-refractivity contribution in [3.63, 3.8) is 0 Å². The number of nitro benzene ring substituents is 1. The summed E-state index contributed by atoms with van der Waals surface area (Å²) in [5.74, 6) is 0.188. The monoisotopic (exact) mass is 309 g/mol. The van der Waals surface area contributed by atoms with Crippen LogP contribution < -0.4 is 5.56 Å². The summed E-state index contributed by atoms with van der Waals surface area (Å²) < 4.78 is 0.324. The number of nitro groups is 1. The zero-order valence-electron chi connectivity index (χ0n) is 9.31. The van der Waals surface area contributed by atoms with Gasteiger partial charge in [-0.25, -0.2) is 4.98 Å². The van der Waals surface area contributed by atoms with E-state index < -0.39 is 4.92 Å². The minimum absolute atomic E-state index is 0.0950. The molecular weight excluding hydrogens is 302 g/mol. The van der Waals surface area contributed by atoms with Crippen molar-refractivity contribution in [3.05, 3.63) is 54.9 Å². The quantitative estimate of drug-likeness (QED) is 0.681. The molecule has 6 nitrogen and oxygen atoms in total. The first-order chi connectivity index (χ1) is 8.50. The van der Waals surface area contributed by atoms with Gasteiger partial charge in [-0.05, 0) is 28.9 Å². The topological polar surface area (TPSA) is 88.9 Å². The van der Waals surface area contributed by atoms with Gasteiger partial charge >= 0.3 is 0 Å². The van der Waals surface area contributed by atoms with Crippen molar-refractivity contribution in [2.24, 2.45) is 0 Å². The number of halogens is 1. The van der Waals surface area contributed by atoms with E-state index in [4.69, 9.17) is 0 Å². The Labute approximate surface area is 110 Å². The predicted octanol–water partition coefficient (Wildman–Crippen LogP) is 2.42. The molecule has 0 unspecified atom stereocenters. The number of nitrogens with one attached hydrogen (secondary N) is 1. The number of aromatic nitrogens is 2. The van der Waals surface area contributed by atoms with Crippen molar-refractivity contribution < 1.29 is 4.92 Å². The Kier molecular flexibility index (Phi) is 3.24. The van der Waals surface area contributed by atoms with Crippen LogP contribution in [0.2, 0.25) is 0 Å². The van der Waals surface area contributed by atoms with E-state index in [0.29, 0.717) is 10.2 Å². The lowest BCUT2D eigenvalue weighted by molar-refractivity contribution is -0.384. The fraction of sp³-hybridized carbons (Fsp3) is 0.0909. The van der Waals surface area contributed by atoms with Gasteiger partial charge < -0.3 is 4.98 Å². The summed E-state index contributed by atoms with van der Waals surface area (Å²) in [7, 11) is 0. The number of aromatic amines is 1. The first-order valence-electron chi connectivity index (χ1n) is 5.01. The molecular formula is C11H8BrN3O3. The molecule has 0 spiro atoms. The second-order valence-corrected chi connectivity index (χ2v) is 4.38.